The first-order valence-corrected chi connectivity index (χ1v) is 10.1. The van der Waals surface area contributed by atoms with Gasteiger partial charge in [-0.3, -0.25) is 9.59 Å². The van der Waals surface area contributed by atoms with Crippen molar-refractivity contribution in [2.45, 2.75) is 23.8 Å². The summed E-state index contributed by atoms with van der Waals surface area (Å²) in [6.45, 7) is 0. The van der Waals surface area contributed by atoms with Crippen LogP contribution in [0.2, 0.25) is 0 Å². The van der Waals surface area contributed by atoms with Crippen LogP contribution in [0, 0.1) is 0 Å². The minimum atomic E-state index is -0.281. The van der Waals surface area contributed by atoms with Gasteiger partial charge in [0.05, 0.1) is 32.3 Å². The Hall–Kier alpha value is -2.67. The highest BCUT2D eigenvalue weighted by molar-refractivity contribution is 7.98. The van der Waals surface area contributed by atoms with Gasteiger partial charge in [-0.25, -0.2) is 0 Å². The summed E-state index contributed by atoms with van der Waals surface area (Å²) < 4.78 is 16.8. The first kappa shape index (κ1) is 20.1. The van der Waals surface area contributed by atoms with Crippen molar-refractivity contribution in [1.29, 1.82) is 0 Å². The summed E-state index contributed by atoms with van der Waals surface area (Å²) in [5.74, 6) is 1.63. The fourth-order valence-electron chi connectivity index (χ4n) is 3.72. The van der Waals surface area contributed by atoms with Gasteiger partial charge in [0.25, 0.3) is 0 Å². The smallest absolute Gasteiger partial charge is 0.207 e. The Morgan fingerprint density at radius 1 is 1.11 bits per heavy atom. The van der Waals surface area contributed by atoms with Crippen LogP contribution in [0.25, 0.3) is 11.1 Å². The summed E-state index contributed by atoms with van der Waals surface area (Å²) in [7, 11) is 4.73. The molecule has 1 aliphatic rings. The van der Waals surface area contributed by atoms with E-state index in [0.717, 1.165) is 22.3 Å². The van der Waals surface area contributed by atoms with Gasteiger partial charge in [-0.1, -0.05) is 6.07 Å². The largest absolute Gasteiger partial charge is 0.493 e. The predicted molar refractivity (Wildman–Crippen MR) is 110 cm³/mol. The van der Waals surface area contributed by atoms with Gasteiger partial charge in [0.15, 0.2) is 16.9 Å². The van der Waals surface area contributed by atoms with Crippen molar-refractivity contribution in [3.63, 3.8) is 0 Å². The van der Waals surface area contributed by atoms with E-state index in [4.69, 9.17) is 14.2 Å². The molecule has 1 atom stereocenters. The van der Waals surface area contributed by atoms with Crippen LogP contribution < -0.4 is 25.0 Å². The summed E-state index contributed by atoms with van der Waals surface area (Å²) in [6, 6.07) is 7.00. The molecule has 0 aliphatic heterocycles. The third kappa shape index (κ3) is 3.42. The van der Waals surface area contributed by atoms with E-state index in [2.05, 4.69) is 5.32 Å². The third-order valence-electron chi connectivity index (χ3n) is 4.99. The van der Waals surface area contributed by atoms with Crippen molar-refractivity contribution in [2.24, 2.45) is 0 Å². The molecule has 0 radical (unpaired) electrons. The van der Waals surface area contributed by atoms with Gasteiger partial charge in [0.1, 0.15) is 0 Å². The second kappa shape index (κ2) is 8.56. The normalized spacial score (nSPS) is 14.9. The number of benzene rings is 1. The summed E-state index contributed by atoms with van der Waals surface area (Å²) in [5, 5.41) is 2.86. The Morgan fingerprint density at radius 3 is 2.46 bits per heavy atom. The summed E-state index contributed by atoms with van der Waals surface area (Å²) in [5.41, 5.74) is 3.39. The molecule has 2 aromatic rings. The minimum absolute atomic E-state index is 0.0747. The van der Waals surface area contributed by atoms with E-state index in [1.54, 1.807) is 27.4 Å². The minimum Gasteiger partial charge on any atom is -0.493 e. The highest BCUT2D eigenvalue weighted by Gasteiger charge is 2.28. The molecule has 0 spiro atoms. The maximum atomic E-state index is 12.7. The zero-order valence-corrected chi connectivity index (χ0v) is 17.1. The second-order valence-corrected chi connectivity index (χ2v) is 7.18. The molecular formula is C21H23NO5S. The van der Waals surface area contributed by atoms with Gasteiger partial charge in [-0.15, -0.1) is 11.8 Å². The first-order valence-electron chi connectivity index (χ1n) is 8.83. The number of carbonyl (C=O) groups is 1. The second-order valence-electron chi connectivity index (χ2n) is 6.33. The van der Waals surface area contributed by atoms with Crippen LogP contribution in [-0.2, 0) is 11.2 Å². The van der Waals surface area contributed by atoms with Crippen LogP contribution in [-0.4, -0.2) is 34.0 Å². The molecule has 0 aromatic heterocycles. The molecule has 7 heteroatoms. The fourth-order valence-corrected chi connectivity index (χ4v) is 4.19. The zero-order chi connectivity index (χ0) is 20.3. The molecule has 0 saturated heterocycles. The Balaban J connectivity index is 2.43. The highest BCUT2D eigenvalue weighted by Crippen LogP contribution is 2.50. The SMILES string of the molecule is COc1cc2c(c(OC)c1OC)-c1ccc(SC)c(=O)cc1[C@@H](NC=O)CC2. The molecule has 1 N–H and O–H groups in total. The Kier molecular flexibility index (Phi) is 6.14. The van der Waals surface area contributed by atoms with E-state index >= 15 is 0 Å². The van der Waals surface area contributed by atoms with Gasteiger partial charge < -0.3 is 19.5 Å². The predicted octanol–water partition coefficient (Wildman–Crippen LogP) is 3.19. The number of ether oxygens (including phenoxy) is 3. The van der Waals surface area contributed by atoms with Crippen molar-refractivity contribution in [2.75, 3.05) is 27.6 Å². The molecule has 1 aliphatic carbocycles. The van der Waals surface area contributed by atoms with Crippen molar-refractivity contribution in [3.8, 4) is 28.4 Å². The number of rotatable bonds is 6. The van der Waals surface area contributed by atoms with E-state index in [-0.39, 0.29) is 11.5 Å². The molecule has 0 unspecified atom stereocenters. The molecule has 0 saturated carbocycles. The number of thioether (sulfide) groups is 1. The summed E-state index contributed by atoms with van der Waals surface area (Å²) in [6.07, 6.45) is 3.87. The topological polar surface area (TPSA) is 73.9 Å². The summed E-state index contributed by atoms with van der Waals surface area (Å²) in [4.78, 5) is 24.5. The van der Waals surface area contributed by atoms with Crippen molar-refractivity contribution in [1.82, 2.24) is 5.32 Å². The number of nitrogens with one attached hydrogen (secondary N) is 1. The zero-order valence-electron chi connectivity index (χ0n) is 16.3. The molecule has 0 heterocycles. The molecule has 2 aromatic carbocycles. The molecule has 0 bridgehead atoms. The third-order valence-corrected chi connectivity index (χ3v) is 5.77. The number of methoxy groups -OCH3 is 3. The number of carbonyl (C=O) groups excluding carboxylic acids is 1. The molecular weight excluding hydrogens is 378 g/mol. The lowest BCUT2D eigenvalue weighted by molar-refractivity contribution is -0.110. The number of amides is 1. The van der Waals surface area contributed by atoms with Crippen LogP contribution in [0.4, 0.5) is 0 Å². The summed E-state index contributed by atoms with van der Waals surface area (Å²) >= 11 is 1.39. The monoisotopic (exact) mass is 401 g/mol. The van der Waals surface area contributed by atoms with Gasteiger partial charge in [0, 0.05) is 5.56 Å². The van der Waals surface area contributed by atoms with Crippen molar-refractivity contribution < 1.29 is 19.0 Å². The van der Waals surface area contributed by atoms with E-state index in [9.17, 15) is 9.59 Å². The first-order chi connectivity index (χ1) is 13.6. The van der Waals surface area contributed by atoms with Gasteiger partial charge in [-0.05, 0) is 54.0 Å². The number of fused-ring (bicyclic) bond motifs is 3. The van der Waals surface area contributed by atoms with Crippen molar-refractivity contribution >= 4 is 18.2 Å². The van der Waals surface area contributed by atoms with E-state index in [0.29, 0.717) is 41.4 Å². The molecule has 6 nitrogen and oxygen atoms in total. The molecule has 1 amide bonds. The van der Waals surface area contributed by atoms with E-state index < -0.39 is 0 Å². The maximum absolute atomic E-state index is 12.7. The van der Waals surface area contributed by atoms with Gasteiger partial charge >= 0.3 is 0 Å². The molecule has 28 heavy (non-hydrogen) atoms. The van der Waals surface area contributed by atoms with Crippen LogP contribution in [0.1, 0.15) is 23.6 Å². The highest BCUT2D eigenvalue weighted by atomic mass is 32.2. The number of aryl methyl sites for hydroxylation is 1. The van der Waals surface area contributed by atoms with Crippen LogP contribution in [0.5, 0.6) is 17.2 Å². The Morgan fingerprint density at radius 2 is 1.86 bits per heavy atom. The average molecular weight is 401 g/mol. The van der Waals surface area contributed by atoms with Crippen LogP contribution in [0.3, 0.4) is 0 Å². The molecule has 0 fully saturated rings. The molecule has 148 valence electrons. The van der Waals surface area contributed by atoms with E-state index in [1.165, 1.54) is 11.8 Å². The maximum Gasteiger partial charge on any atom is 0.207 e. The lowest BCUT2D eigenvalue weighted by Crippen LogP contribution is -2.20. The average Bonchev–Trinajstić information content (AvgIpc) is 2.95. The van der Waals surface area contributed by atoms with Crippen LogP contribution >= 0.6 is 11.8 Å². The lowest BCUT2D eigenvalue weighted by Gasteiger charge is -2.19. The number of hydrogen-bond acceptors (Lipinski definition) is 6. The lowest BCUT2D eigenvalue weighted by atomic mass is 9.95. The van der Waals surface area contributed by atoms with Gasteiger partial charge in [-0.2, -0.15) is 0 Å². The Labute approximate surface area is 168 Å². The quantitative estimate of drug-likeness (QED) is 0.592. The standard InChI is InChI=1S/C21H23NO5S/c1-25-17-9-12-5-7-15(22-11-23)14-10-16(24)18(28-4)8-6-13(14)19(12)21(27-3)20(17)26-2/h6,8-11,15H,5,7H2,1-4H3,(H,22,23)/t15-/m0/s1. The fraction of sp³-hybridized carbons (Fsp3) is 0.333. The van der Waals surface area contributed by atoms with Crippen molar-refractivity contribution in [3.05, 3.63) is 45.6 Å². The number of hydrogen-bond donors (Lipinski definition) is 1. The van der Waals surface area contributed by atoms with Gasteiger partial charge in [0.2, 0.25) is 12.2 Å². The molecule has 3 rings (SSSR count). The van der Waals surface area contributed by atoms with Crippen LogP contribution in [0.15, 0.2) is 34.0 Å². The Bertz CT molecular complexity index is 960. The van der Waals surface area contributed by atoms with E-state index in [1.807, 2.05) is 24.5 Å².